The number of para-hydroxylation sites is 1. The maximum absolute atomic E-state index is 13.7. The van der Waals surface area contributed by atoms with Crippen molar-refractivity contribution in [3.05, 3.63) is 46.6 Å². The van der Waals surface area contributed by atoms with Crippen molar-refractivity contribution in [3.63, 3.8) is 0 Å². The summed E-state index contributed by atoms with van der Waals surface area (Å²) in [4.78, 5) is 31.4. The van der Waals surface area contributed by atoms with E-state index in [-0.39, 0.29) is 21.6 Å². The summed E-state index contributed by atoms with van der Waals surface area (Å²) < 4.78 is 3.31. The lowest BCUT2D eigenvalue weighted by Gasteiger charge is -2.35. The molecule has 0 radical (unpaired) electrons. The topological polar surface area (TPSA) is 56.4 Å². The first-order valence-corrected chi connectivity index (χ1v) is 10.1. The lowest BCUT2D eigenvalue weighted by atomic mass is 9.93. The molecule has 1 amide bonds. The summed E-state index contributed by atoms with van der Waals surface area (Å²) in [7, 11) is 0. The summed E-state index contributed by atoms with van der Waals surface area (Å²) in [5.74, 6) is -0.0218. The van der Waals surface area contributed by atoms with Gasteiger partial charge in [-0.25, -0.2) is 19.0 Å². The van der Waals surface area contributed by atoms with Gasteiger partial charge in [0.2, 0.25) is 0 Å². The van der Waals surface area contributed by atoms with Crippen molar-refractivity contribution in [1.82, 2.24) is 18.7 Å². The Morgan fingerprint density at radius 1 is 1.11 bits per heavy atom. The van der Waals surface area contributed by atoms with Crippen molar-refractivity contribution < 1.29 is 4.79 Å². The van der Waals surface area contributed by atoms with Crippen LogP contribution in [0.4, 0.5) is 0 Å². The zero-order valence-corrected chi connectivity index (χ0v) is 17.8. The first-order valence-electron chi connectivity index (χ1n) is 10.1. The number of rotatable bonds is 5. The molecule has 2 aromatic heterocycles. The summed E-state index contributed by atoms with van der Waals surface area (Å²) >= 11 is 0. The number of imidazole rings is 1. The summed E-state index contributed by atoms with van der Waals surface area (Å²) in [6.45, 7) is 13.1. The molecule has 0 spiro atoms. The molecular weight excluding hydrogens is 352 g/mol. The minimum Gasteiger partial charge on any atom is -0.247 e. The van der Waals surface area contributed by atoms with E-state index >= 15 is 0 Å². The highest BCUT2D eigenvalue weighted by Crippen LogP contribution is 2.25. The SMILES string of the molecule is CCC[N+](CCC)(C(C)=O)n1c(=O)n2cc(C(C)(C)C)nc2c2ccccc21. The van der Waals surface area contributed by atoms with Crippen LogP contribution in [0.5, 0.6) is 0 Å². The monoisotopic (exact) mass is 383 g/mol. The van der Waals surface area contributed by atoms with Gasteiger partial charge in [0.15, 0.2) is 5.65 Å². The number of hydrogen-bond donors (Lipinski definition) is 0. The van der Waals surface area contributed by atoms with Crippen LogP contribution in [-0.2, 0) is 10.2 Å². The Morgan fingerprint density at radius 2 is 1.71 bits per heavy atom. The fraction of sp³-hybridized carbons (Fsp3) is 0.500. The normalized spacial score (nSPS) is 12.8. The third-order valence-electron chi connectivity index (χ3n) is 5.39. The minimum atomic E-state index is -0.214. The summed E-state index contributed by atoms with van der Waals surface area (Å²) in [6, 6.07) is 7.76. The maximum Gasteiger partial charge on any atom is 0.379 e. The average Bonchev–Trinajstić information content (AvgIpc) is 3.08. The molecule has 1 aromatic carbocycles. The molecular formula is C22H31N4O2+. The number of hydrogen-bond acceptors (Lipinski definition) is 3. The first-order chi connectivity index (χ1) is 13.2. The van der Waals surface area contributed by atoms with Gasteiger partial charge in [-0.3, -0.25) is 0 Å². The van der Waals surface area contributed by atoms with Crippen molar-refractivity contribution >= 4 is 22.5 Å². The van der Waals surface area contributed by atoms with Gasteiger partial charge in [0.05, 0.1) is 12.6 Å². The Labute approximate surface area is 166 Å². The predicted octanol–water partition coefficient (Wildman–Crippen LogP) is 3.75. The van der Waals surface area contributed by atoms with Gasteiger partial charge < -0.3 is 0 Å². The molecule has 2 heterocycles. The molecule has 6 nitrogen and oxygen atoms in total. The van der Waals surface area contributed by atoms with Gasteiger partial charge in [0.1, 0.15) is 18.6 Å². The molecule has 0 fully saturated rings. The fourth-order valence-electron chi connectivity index (χ4n) is 4.01. The van der Waals surface area contributed by atoms with Crippen LogP contribution in [0.1, 0.15) is 60.1 Å². The molecule has 0 aliphatic heterocycles. The van der Waals surface area contributed by atoms with Gasteiger partial charge >= 0.3 is 11.6 Å². The number of carbonyl (C=O) groups is 1. The van der Waals surface area contributed by atoms with E-state index < -0.39 is 0 Å². The van der Waals surface area contributed by atoms with Crippen LogP contribution in [0.2, 0.25) is 0 Å². The molecule has 3 aromatic rings. The number of carbonyl (C=O) groups excluding carboxylic acids is 1. The predicted molar refractivity (Wildman–Crippen MR) is 114 cm³/mol. The number of aromatic nitrogens is 3. The van der Waals surface area contributed by atoms with Crippen molar-refractivity contribution in [3.8, 4) is 0 Å². The van der Waals surface area contributed by atoms with Crippen LogP contribution in [0.15, 0.2) is 35.3 Å². The fourth-order valence-corrected chi connectivity index (χ4v) is 4.01. The largest absolute Gasteiger partial charge is 0.379 e. The summed E-state index contributed by atoms with van der Waals surface area (Å²) in [6.07, 6.45) is 3.43. The smallest absolute Gasteiger partial charge is 0.247 e. The van der Waals surface area contributed by atoms with E-state index in [9.17, 15) is 9.59 Å². The highest BCUT2D eigenvalue weighted by Gasteiger charge is 2.38. The van der Waals surface area contributed by atoms with Gasteiger partial charge in [0.25, 0.3) is 0 Å². The van der Waals surface area contributed by atoms with Crippen LogP contribution in [0, 0.1) is 0 Å². The molecule has 0 atom stereocenters. The summed E-state index contributed by atoms with van der Waals surface area (Å²) in [5.41, 5.74) is 1.87. The molecule has 3 rings (SSSR count). The molecule has 0 N–H and O–H groups in total. The molecule has 0 aliphatic carbocycles. The van der Waals surface area contributed by atoms with Crippen molar-refractivity contribution in [2.45, 2.75) is 59.8 Å². The first kappa shape index (κ1) is 20.3. The quantitative estimate of drug-likeness (QED) is 0.631. The number of quaternary nitrogens is 1. The van der Waals surface area contributed by atoms with Crippen molar-refractivity contribution in [2.75, 3.05) is 13.1 Å². The minimum absolute atomic E-state index is 0.00528. The number of fused-ring (bicyclic) bond motifs is 3. The van der Waals surface area contributed by atoms with Gasteiger partial charge in [0, 0.05) is 17.0 Å². The van der Waals surface area contributed by atoms with E-state index in [4.69, 9.17) is 4.98 Å². The lowest BCUT2D eigenvalue weighted by Crippen LogP contribution is -2.66. The Kier molecular flexibility index (Phi) is 5.19. The molecule has 0 unspecified atom stereocenters. The van der Waals surface area contributed by atoms with Crippen molar-refractivity contribution in [1.29, 1.82) is 0 Å². The molecule has 0 saturated heterocycles. The van der Waals surface area contributed by atoms with Gasteiger partial charge in [-0.15, -0.1) is 4.68 Å². The van der Waals surface area contributed by atoms with Crippen LogP contribution < -0.4 is 10.3 Å². The lowest BCUT2D eigenvalue weighted by molar-refractivity contribution is -0.135. The van der Waals surface area contributed by atoms with Crippen LogP contribution in [0.25, 0.3) is 16.6 Å². The van der Waals surface area contributed by atoms with Crippen LogP contribution in [0.3, 0.4) is 0 Å². The van der Waals surface area contributed by atoms with E-state index in [1.54, 1.807) is 16.0 Å². The third kappa shape index (κ3) is 3.05. The highest BCUT2D eigenvalue weighted by molar-refractivity contribution is 5.93. The van der Waals surface area contributed by atoms with E-state index in [0.717, 1.165) is 29.4 Å². The molecule has 28 heavy (non-hydrogen) atoms. The zero-order chi connectivity index (χ0) is 20.7. The molecule has 150 valence electrons. The number of amides is 1. The zero-order valence-electron chi connectivity index (χ0n) is 17.8. The number of benzene rings is 1. The highest BCUT2D eigenvalue weighted by atomic mass is 16.2. The second-order valence-electron chi connectivity index (χ2n) is 8.57. The van der Waals surface area contributed by atoms with Crippen molar-refractivity contribution in [2.24, 2.45) is 0 Å². The van der Waals surface area contributed by atoms with E-state index in [2.05, 4.69) is 20.8 Å². The van der Waals surface area contributed by atoms with E-state index in [1.165, 1.54) is 0 Å². The van der Waals surface area contributed by atoms with Crippen LogP contribution >= 0.6 is 0 Å². The second kappa shape index (κ2) is 7.17. The molecule has 6 heteroatoms. The molecule has 0 saturated carbocycles. The average molecular weight is 384 g/mol. The maximum atomic E-state index is 13.7. The van der Waals surface area contributed by atoms with E-state index in [1.807, 2.05) is 44.3 Å². The van der Waals surface area contributed by atoms with Crippen LogP contribution in [-0.4, -0.2) is 33.1 Å². The molecule has 0 bridgehead atoms. The number of nitrogens with zero attached hydrogens (tertiary/aromatic N) is 4. The third-order valence-corrected chi connectivity index (χ3v) is 5.39. The van der Waals surface area contributed by atoms with Gasteiger partial charge in [-0.05, 0) is 25.0 Å². The molecule has 0 aliphatic rings. The Morgan fingerprint density at radius 3 is 2.25 bits per heavy atom. The Hall–Kier alpha value is -2.47. The van der Waals surface area contributed by atoms with Gasteiger partial charge in [-0.1, -0.05) is 46.8 Å². The van der Waals surface area contributed by atoms with Gasteiger partial charge in [-0.2, -0.15) is 4.59 Å². The second-order valence-corrected chi connectivity index (χ2v) is 8.57. The van der Waals surface area contributed by atoms with E-state index in [0.29, 0.717) is 18.7 Å². The Balaban J connectivity index is 2.53. The Bertz CT molecular complexity index is 1080. The standard InChI is InChI=1S/C22H31N4O2/c1-7-13-26(14-8-2,16(3)27)25-18-12-10-9-11-17(18)20-23-19(22(4,5)6)15-24(20)21(25)28/h9-12,15H,7-8,13-14H2,1-6H3/q+1. The summed E-state index contributed by atoms with van der Waals surface area (Å²) in [5, 5.41) is 0.883.